The molecule has 0 unspecified atom stereocenters. The van der Waals surface area contributed by atoms with Gasteiger partial charge in [-0.25, -0.2) is 0 Å². The Kier molecular flexibility index (Phi) is 11.4. The zero-order valence-electron chi connectivity index (χ0n) is 32.9. The van der Waals surface area contributed by atoms with Crippen LogP contribution in [0.5, 0.6) is 0 Å². The smallest absolute Gasteiger partial charge is 0.142 e. The van der Waals surface area contributed by atoms with Gasteiger partial charge in [0.05, 0.1) is 34.3 Å². The van der Waals surface area contributed by atoms with Crippen LogP contribution in [0.2, 0.25) is 17.3 Å². The average molecular weight is 973 g/mol. The van der Waals surface area contributed by atoms with Crippen LogP contribution >= 0.6 is 0 Å². The van der Waals surface area contributed by atoms with Gasteiger partial charge in [-0.15, -0.1) is 18.2 Å². The topological polar surface area (TPSA) is 69.6 Å². The largest absolute Gasteiger partial charge is 0.499 e. The van der Waals surface area contributed by atoms with Crippen molar-refractivity contribution < 1.29 is 24.5 Å². The first-order valence-corrected chi connectivity index (χ1v) is 26.3. The van der Waals surface area contributed by atoms with Gasteiger partial charge in [0.25, 0.3) is 0 Å². The molecular formula is C48H45GeIrN5O-2. The van der Waals surface area contributed by atoms with Gasteiger partial charge in [-0.3, -0.25) is 15.0 Å². The van der Waals surface area contributed by atoms with Gasteiger partial charge in [0.1, 0.15) is 5.58 Å². The van der Waals surface area contributed by atoms with Gasteiger partial charge in [0.2, 0.25) is 0 Å². The second kappa shape index (κ2) is 16.3. The molecule has 0 aliphatic heterocycles. The molecule has 6 nitrogen and oxygen atoms in total. The van der Waals surface area contributed by atoms with Crippen molar-refractivity contribution in [2.75, 3.05) is 0 Å². The molecule has 1 radical (unpaired) electrons. The molecule has 56 heavy (non-hydrogen) atoms. The molecule has 0 aliphatic rings. The number of hydrogen-bond donors (Lipinski definition) is 0. The normalized spacial score (nSPS) is 11.6. The SMILES string of the molecule is CC(C)Cc1cc(-c2[c-]cc3ccccc3c2)nc[c]1[Ge]([CH3])([CH3])[CH3].Cc1cc2nc(-c3[c-]ccc4c3oc3c(C)nccc34)n(Cc3ccccc3)c2cn1.[Ir]. The number of hydrogen-bond acceptors (Lipinski definition) is 5. The summed E-state index contributed by atoms with van der Waals surface area (Å²) in [5, 5.41) is 4.57. The summed E-state index contributed by atoms with van der Waals surface area (Å²) in [7, 11) is 0. The molecule has 8 heteroatoms. The summed E-state index contributed by atoms with van der Waals surface area (Å²) in [4.78, 5) is 18.7. The molecule has 0 spiro atoms. The molecule has 0 atom stereocenters. The van der Waals surface area contributed by atoms with Gasteiger partial charge < -0.3 is 8.98 Å². The summed E-state index contributed by atoms with van der Waals surface area (Å²) in [5.74, 6) is 8.82. The van der Waals surface area contributed by atoms with Crippen LogP contribution in [-0.2, 0) is 33.1 Å². The van der Waals surface area contributed by atoms with Crippen LogP contribution in [0.15, 0.2) is 120 Å². The number of fused-ring (bicyclic) bond motifs is 5. The Labute approximate surface area is 345 Å². The molecule has 5 aromatic heterocycles. The third kappa shape index (κ3) is 7.99. The fraction of sp³-hybridized carbons (Fsp3) is 0.208. The van der Waals surface area contributed by atoms with Crippen LogP contribution in [0.25, 0.3) is 66.4 Å². The fourth-order valence-corrected chi connectivity index (χ4v) is 10.7. The minimum atomic E-state index is -1.91. The van der Waals surface area contributed by atoms with Crippen LogP contribution in [0.1, 0.15) is 36.4 Å². The number of aryl methyl sites for hydroxylation is 2. The predicted molar refractivity (Wildman–Crippen MR) is 229 cm³/mol. The summed E-state index contributed by atoms with van der Waals surface area (Å²) >= 11 is -1.91. The Bertz CT molecular complexity index is 2820. The van der Waals surface area contributed by atoms with Gasteiger partial charge in [-0.2, -0.15) is 0 Å². The van der Waals surface area contributed by atoms with Crippen molar-refractivity contribution in [1.82, 2.24) is 24.5 Å². The molecule has 4 aromatic carbocycles. The van der Waals surface area contributed by atoms with E-state index in [1.807, 2.05) is 56.6 Å². The van der Waals surface area contributed by atoms with Crippen LogP contribution in [0.4, 0.5) is 0 Å². The molecule has 0 saturated carbocycles. The molecular weight excluding hydrogens is 927 g/mol. The molecule has 0 N–H and O–H groups in total. The van der Waals surface area contributed by atoms with Gasteiger partial charge in [-0.1, -0.05) is 41.3 Å². The Morgan fingerprint density at radius 1 is 0.786 bits per heavy atom. The number of furan rings is 1. The molecule has 5 heterocycles. The Morgan fingerprint density at radius 3 is 2.30 bits per heavy atom. The average Bonchev–Trinajstić information content (AvgIpc) is 3.73. The van der Waals surface area contributed by atoms with E-state index in [1.165, 1.54) is 26.3 Å². The Balaban J connectivity index is 0.000000175. The number of benzene rings is 4. The van der Waals surface area contributed by atoms with Crippen molar-refractivity contribution in [1.29, 1.82) is 0 Å². The van der Waals surface area contributed by atoms with Gasteiger partial charge in [0, 0.05) is 43.9 Å². The molecule has 0 saturated heterocycles. The first-order valence-electron chi connectivity index (χ1n) is 19.0. The quantitative estimate of drug-likeness (QED) is 0.118. The maximum Gasteiger partial charge on any atom is 0.142 e. The van der Waals surface area contributed by atoms with E-state index in [2.05, 4.69) is 131 Å². The number of aromatic nitrogens is 5. The van der Waals surface area contributed by atoms with Crippen molar-refractivity contribution in [3.8, 4) is 22.6 Å². The van der Waals surface area contributed by atoms with Crippen LogP contribution in [0, 0.1) is 31.9 Å². The number of pyridine rings is 3. The number of imidazole rings is 1. The number of rotatable bonds is 7. The van der Waals surface area contributed by atoms with E-state index < -0.39 is 13.3 Å². The Hall–Kier alpha value is -4.95. The standard InChI is InChI=1S/C26H19N4O.C22H26GeN.Ir/c1-16-13-22-23(14-28-16)30(15-18-7-4-3-5-8-18)26(29-22)21-10-6-9-19-20-11-12-27-17(2)24(20)31-25(19)21;1-16(2)12-20-14-22(24-15-21(20)23(3,4)5)19-11-10-17-8-6-7-9-18(17)13-19;/h3-9,11-14H,15H2,1-2H3;6-10,13-16H,12H2,1-5H3;/q2*-1;. The van der Waals surface area contributed by atoms with Crippen molar-refractivity contribution in [2.24, 2.45) is 5.92 Å². The fourth-order valence-electron chi connectivity index (χ4n) is 7.41. The summed E-state index contributed by atoms with van der Waals surface area (Å²) in [6.07, 6.45) is 7.00. The van der Waals surface area contributed by atoms with Crippen molar-refractivity contribution >= 4 is 61.4 Å². The zero-order chi connectivity index (χ0) is 38.3. The zero-order valence-corrected chi connectivity index (χ0v) is 37.4. The van der Waals surface area contributed by atoms with E-state index in [9.17, 15) is 0 Å². The molecule has 283 valence electrons. The van der Waals surface area contributed by atoms with Crippen molar-refractivity contribution in [3.63, 3.8) is 0 Å². The second-order valence-corrected chi connectivity index (χ2v) is 26.4. The van der Waals surface area contributed by atoms with E-state index >= 15 is 0 Å². The van der Waals surface area contributed by atoms with Gasteiger partial charge in [-0.05, 0) is 31.5 Å². The minimum absolute atomic E-state index is 0. The maximum absolute atomic E-state index is 6.33. The number of nitrogens with zero attached hydrogens (tertiary/aromatic N) is 5. The van der Waals surface area contributed by atoms with E-state index in [-0.39, 0.29) is 20.1 Å². The molecule has 0 aliphatic carbocycles. The minimum Gasteiger partial charge on any atom is -0.499 e. The van der Waals surface area contributed by atoms with Crippen LogP contribution in [0.3, 0.4) is 0 Å². The molecule has 9 aromatic rings. The van der Waals surface area contributed by atoms with Crippen molar-refractivity contribution in [3.05, 3.63) is 150 Å². The summed E-state index contributed by atoms with van der Waals surface area (Å²) in [5.41, 5.74) is 11.0. The van der Waals surface area contributed by atoms with Crippen LogP contribution in [-0.4, -0.2) is 37.8 Å². The van der Waals surface area contributed by atoms with Gasteiger partial charge >= 0.3 is 148 Å². The predicted octanol–water partition coefficient (Wildman–Crippen LogP) is 11.3. The van der Waals surface area contributed by atoms with Crippen molar-refractivity contribution in [2.45, 2.75) is 57.9 Å². The third-order valence-electron chi connectivity index (χ3n) is 10.1. The first-order chi connectivity index (χ1) is 26.5. The van der Waals surface area contributed by atoms with E-state index in [0.29, 0.717) is 12.5 Å². The summed E-state index contributed by atoms with van der Waals surface area (Å²) < 4.78 is 10.1. The summed E-state index contributed by atoms with van der Waals surface area (Å²) in [6.45, 7) is 9.22. The van der Waals surface area contributed by atoms with E-state index in [4.69, 9.17) is 14.4 Å². The first kappa shape index (κ1) is 39.3. The van der Waals surface area contributed by atoms with Crippen LogP contribution < -0.4 is 4.40 Å². The second-order valence-electron chi connectivity index (χ2n) is 15.8. The molecule has 0 amide bonds. The van der Waals surface area contributed by atoms with E-state index in [0.717, 1.165) is 73.4 Å². The summed E-state index contributed by atoms with van der Waals surface area (Å²) in [6, 6.07) is 40.2. The van der Waals surface area contributed by atoms with E-state index in [1.54, 1.807) is 0 Å². The van der Waals surface area contributed by atoms with Gasteiger partial charge in [0.15, 0.2) is 0 Å². The molecule has 0 bridgehead atoms. The third-order valence-corrected chi connectivity index (χ3v) is 14.4. The molecule has 0 fully saturated rings. The maximum atomic E-state index is 6.33. The Morgan fingerprint density at radius 2 is 1.54 bits per heavy atom. The molecule has 9 rings (SSSR count). The monoisotopic (exact) mass is 974 g/mol.